The first-order chi connectivity index (χ1) is 12.9. The number of nitrogens with one attached hydrogen (secondary N) is 2. The molecule has 0 saturated heterocycles. The molecule has 27 heavy (non-hydrogen) atoms. The van der Waals surface area contributed by atoms with E-state index in [1.165, 1.54) is 23.9 Å². The minimum atomic E-state index is -3.74. The van der Waals surface area contributed by atoms with Gasteiger partial charge in [0.25, 0.3) is 0 Å². The number of thioether (sulfide) groups is 1. The highest BCUT2D eigenvalue weighted by Gasteiger charge is 2.23. The fourth-order valence-electron chi connectivity index (χ4n) is 2.35. The van der Waals surface area contributed by atoms with E-state index >= 15 is 0 Å². The number of H-pyrrole nitrogens is 1. The van der Waals surface area contributed by atoms with E-state index in [2.05, 4.69) is 20.7 Å². The van der Waals surface area contributed by atoms with Gasteiger partial charge in [0, 0.05) is 6.54 Å². The summed E-state index contributed by atoms with van der Waals surface area (Å²) < 4.78 is 22.6. The summed E-state index contributed by atoms with van der Waals surface area (Å²) in [5.41, 5.74) is 1.60. The van der Waals surface area contributed by atoms with Gasteiger partial charge in [-0.2, -0.15) is 10.3 Å². The molecule has 0 fully saturated rings. The molecule has 1 atom stereocenters. The highest BCUT2D eigenvalue weighted by Crippen LogP contribution is 2.33. The van der Waals surface area contributed by atoms with Crippen molar-refractivity contribution in [2.45, 2.75) is 21.7 Å². The van der Waals surface area contributed by atoms with E-state index in [0.29, 0.717) is 5.03 Å². The lowest BCUT2D eigenvalue weighted by Crippen LogP contribution is -2.27. The molecule has 0 bridgehead atoms. The van der Waals surface area contributed by atoms with Crippen LogP contribution >= 0.6 is 11.8 Å². The number of sulfonamides is 1. The van der Waals surface area contributed by atoms with Crippen LogP contribution in [0, 0.1) is 0 Å². The lowest BCUT2D eigenvalue weighted by molar-refractivity contribution is -0.120. The maximum Gasteiger partial charge on any atom is 0.238 e. The number of aromatic amines is 1. The predicted molar refractivity (Wildman–Crippen MR) is 101 cm³/mol. The second-order valence-electron chi connectivity index (χ2n) is 5.62. The molecule has 0 aliphatic heterocycles. The van der Waals surface area contributed by atoms with E-state index in [0.717, 1.165) is 11.1 Å². The minimum absolute atomic E-state index is 0.0290. The summed E-state index contributed by atoms with van der Waals surface area (Å²) in [5, 5.41) is 18.3. The van der Waals surface area contributed by atoms with Crippen molar-refractivity contribution < 1.29 is 13.2 Å². The van der Waals surface area contributed by atoms with Crippen LogP contribution in [-0.2, 0) is 21.4 Å². The zero-order chi connectivity index (χ0) is 19.3. The molecule has 4 N–H and O–H groups in total. The average molecular weight is 403 g/mol. The van der Waals surface area contributed by atoms with Crippen LogP contribution in [0.2, 0.25) is 0 Å². The molecular weight excluding hydrogens is 386 g/mol. The van der Waals surface area contributed by atoms with Crippen molar-refractivity contribution in [3.8, 4) is 0 Å². The lowest BCUT2D eigenvalue weighted by atomic mass is 10.1. The lowest BCUT2D eigenvalue weighted by Gasteiger charge is -2.16. The summed E-state index contributed by atoms with van der Waals surface area (Å²) >= 11 is 1.28. The fourth-order valence-corrected chi connectivity index (χ4v) is 3.80. The Morgan fingerprint density at radius 1 is 1.15 bits per heavy atom. The first-order valence-electron chi connectivity index (χ1n) is 7.90. The number of hydrogen-bond acceptors (Lipinski definition) is 6. The highest BCUT2D eigenvalue weighted by molar-refractivity contribution is 8.00. The van der Waals surface area contributed by atoms with Crippen LogP contribution in [0.5, 0.6) is 0 Å². The van der Waals surface area contributed by atoms with E-state index in [-0.39, 0.29) is 17.3 Å². The van der Waals surface area contributed by atoms with Crippen LogP contribution in [0.25, 0.3) is 0 Å². The van der Waals surface area contributed by atoms with E-state index in [1.807, 2.05) is 30.3 Å². The van der Waals surface area contributed by atoms with Gasteiger partial charge in [0.15, 0.2) is 0 Å². The number of primary sulfonamides is 1. The van der Waals surface area contributed by atoms with E-state index in [4.69, 9.17) is 5.14 Å². The first-order valence-corrected chi connectivity index (χ1v) is 10.3. The number of carbonyl (C=O) groups excluding carboxylic acids is 1. The standard InChI is InChI=1S/C17H17N5O3S2/c18-27(24,25)14-8-6-12(7-9-14)10-19-17(23)16(13-4-2-1-3-5-13)26-15-11-20-22-21-15/h1-9,11,16H,10H2,(H,19,23)(H2,18,24,25)(H,20,21,22). The van der Waals surface area contributed by atoms with Gasteiger partial charge >= 0.3 is 0 Å². The van der Waals surface area contributed by atoms with Crippen molar-refractivity contribution in [1.82, 2.24) is 20.7 Å². The van der Waals surface area contributed by atoms with Crippen LogP contribution in [0.15, 0.2) is 70.7 Å². The Bertz CT molecular complexity index is 991. The van der Waals surface area contributed by atoms with Gasteiger partial charge in [-0.05, 0) is 23.3 Å². The Balaban J connectivity index is 1.71. The quantitative estimate of drug-likeness (QED) is 0.514. The summed E-state index contributed by atoms with van der Waals surface area (Å²) in [6.07, 6.45) is 1.56. The molecule has 10 heteroatoms. The highest BCUT2D eigenvalue weighted by atomic mass is 32.2. The third kappa shape index (κ3) is 5.16. The van der Waals surface area contributed by atoms with Crippen molar-refractivity contribution in [1.29, 1.82) is 0 Å². The Hall–Kier alpha value is -2.69. The molecule has 0 radical (unpaired) electrons. The van der Waals surface area contributed by atoms with Gasteiger partial charge < -0.3 is 5.32 Å². The van der Waals surface area contributed by atoms with Crippen molar-refractivity contribution in [3.05, 3.63) is 71.9 Å². The smallest absolute Gasteiger partial charge is 0.238 e. The van der Waals surface area contributed by atoms with Crippen LogP contribution in [0.1, 0.15) is 16.4 Å². The van der Waals surface area contributed by atoms with Gasteiger partial charge in [0.2, 0.25) is 15.9 Å². The molecule has 0 saturated carbocycles. The number of nitrogens with two attached hydrogens (primary N) is 1. The summed E-state index contributed by atoms with van der Waals surface area (Å²) in [7, 11) is -3.74. The summed E-state index contributed by atoms with van der Waals surface area (Å²) in [5.74, 6) is -0.190. The summed E-state index contributed by atoms with van der Waals surface area (Å²) in [6.45, 7) is 0.256. The topological polar surface area (TPSA) is 131 Å². The van der Waals surface area contributed by atoms with Gasteiger partial charge in [0.05, 0.1) is 11.1 Å². The SMILES string of the molecule is NS(=O)(=O)c1ccc(CNC(=O)C(Sc2cn[nH]n2)c2ccccc2)cc1. The Morgan fingerprint density at radius 2 is 1.85 bits per heavy atom. The molecule has 8 nitrogen and oxygen atoms in total. The van der Waals surface area contributed by atoms with Gasteiger partial charge in [-0.1, -0.05) is 54.2 Å². The van der Waals surface area contributed by atoms with Gasteiger partial charge in [-0.15, -0.1) is 5.10 Å². The molecular formula is C17H17N5O3S2. The number of aromatic nitrogens is 3. The van der Waals surface area contributed by atoms with Crippen LogP contribution in [0.3, 0.4) is 0 Å². The van der Waals surface area contributed by atoms with Crippen molar-refractivity contribution in [2.24, 2.45) is 5.14 Å². The molecule has 3 aromatic rings. The fraction of sp³-hybridized carbons (Fsp3) is 0.118. The molecule has 1 heterocycles. The predicted octanol–water partition coefficient (Wildman–Crippen LogP) is 1.60. The molecule has 140 valence electrons. The first kappa shape index (κ1) is 19.1. The molecule has 0 aliphatic rings. The molecule has 1 unspecified atom stereocenters. The molecule has 0 spiro atoms. The van der Waals surface area contributed by atoms with E-state index in [1.54, 1.807) is 18.3 Å². The average Bonchev–Trinajstić information content (AvgIpc) is 3.18. The molecule has 3 rings (SSSR count). The molecule has 1 aromatic heterocycles. The molecule has 1 amide bonds. The van der Waals surface area contributed by atoms with Crippen molar-refractivity contribution in [2.75, 3.05) is 0 Å². The van der Waals surface area contributed by atoms with Crippen LogP contribution in [-0.4, -0.2) is 29.7 Å². The maximum absolute atomic E-state index is 12.8. The normalized spacial score (nSPS) is 12.5. The third-order valence-electron chi connectivity index (χ3n) is 3.69. The zero-order valence-electron chi connectivity index (χ0n) is 14.1. The van der Waals surface area contributed by atoms with E-state index < -0.39 is 15.3 Å². The van der Waals surface area contributed by atoms with Gasteiger partial charge in [0.1, 0.15) is 10.3 Å². The molecule has 2 aromatic carbocycles. The maximum atomic E-state index is 12.8. The van der Waals surface area contributed by atoms with Crippen LogP contribution < -0.4 is 10.5 Å². The minimum Gasteiger partial charge on any atom is -0.351 e. The second kappa shape index (κ2) is 8.33. The number of amides is 1. The number of benzene rings is 2. The summed E-state index contributed by atoms with van der Waals surface area (Å²) in [6, 6.07) is 15.4. The number of nitrogens with zero attached hydrogens (tertiary/aromatic N) is 2. The summed E-state index contributed by atoms with van der Waals surface area (Å²) in [4.78, 5) is 12.8. The number of carbonyl (C=O) groups is 1. The second-order valence-corrected chi connectivity index (χ2v) is 8.31. The molecule has 0 aliphatic carbocycles. The largest absolute Gasteiger partial charge is 0.351 e. The van der Waals surface area contributed by atoms with Gasteiger partial charge in [-0.25, -0.2) is 13.6 Å². The number of hydrogen-bond donors (Lipinski definition) is 3. The monoisotopic (exact) mass is 403 g/mol. The van der Waals surface area contributed by atoms with Crippen molar-refractivity contribution in [3.63, 3.8) is 0 Å². The Morgan fingerprint density at radius 3 is 2.44 bits per heavy atom. The Kier molecular flexibility index (Phi) is 5.89. The van der Waals surface area contributed by atoms with E-state index in [9.17, 15) is 13.2 Å². The zero-order valence-corrected chi connectivity index (χ0v) is 15.7. The Labute approximate surface area is 160 Å². The van der Waals surface area contributed by atoms with Crippen LogP contribution in [0.4, 0.5) is 0 Å². The van der Waals surface area contributed by atoms with Crippen molar-refractivity contribution >= 4 is 27.7 Å². The van der Waals surface area contributed by atoms with Gasteiger partial charge in [-0.3, -0.25) is 4.79 Å². The third-order valence-corrected chi connectivity index (χ3v) is 5.78. The number of rotatable bonds is 7.